The van der Waals surface area contributed by atoms with Gasteiger partial charge >= 0.3 is 11.8 Å². The summed E-state index contributed by atoms with van der Waals surface area (Å²) in [5.74, 6) is -0.273. The minimum absolute atomic E-state index is 0.469. The number of nitrogens with one attached hydrogen (secondary N) is 2. The van der Waals surface area contributed by atoms with E-state index in [1.54, 1.807) is 24.3 Å². The summed E-state index contributed by atoms with van der Waals surface area (Å²) in [6.45, 7) is 2.03. The van der Waals surface area contributed by atoms with E-state index < -0.39 is 11.8 Å². The Hall–Kier alpha value is -3.55. The fourth-order valence-electron chi connectivity index (χ4n) is 2.38. The van der Waals surface area contributed by atoms with Crippen molar-refractivity contribution in [2.75, 3.05) is 26.6 Å². The molecule has 0 aromatic heterocycles. The summed E-state index contributed by atoms with van der Waals surface area (Å²) in [7, 11) is 4.51. The standard InChI is InChI=1S/C20H23N3O5/c1-5-13-6-8-15(9-7-13)22-19(24)20(25)23-21-12-14-10-17(27-3)18(28-4)11-16(14)26-2/h6-12H,5H2,1-4H3,(H,22,24)(H,23,25)/b21-12-. The minimum Gasteiger partial charge on any atom is -0.496 e. The third-order valence-electron chi connectivity index (χ3n) is 3.93. The van der Waals surface area contributed by atoms with Crippen LogP contribution < -0.4 is 25.0 Å². The normalized spacial score (nSPS) is 10.4. The first kappa shape index (κ1) is 20.8. The number of rotatable bonds is 7. The molecule has 0 unspecified atom stereocenters. The van der Waals surface area contributed by atoms with Gasteiger partial charge in [-0.1, -0.05) is 19.1 Å². The van der Waals surface area contributed by atoms with Crippen LogP contribution in [0.2, 0.25) is 0 Å². The highest BCUT2D eigenvalue weighted by Gasteiger charge is 2.14. The molecule has 0 aliphatic rings. The molecule has 2 N–H and O–H groups in total. The minimum atomic E-state index is -0.893. The second kappa shape index (κ2) is 9.96. The molecule has 0 saturated carbocycles. The van der Waals surface area contributed by atoms with Gasteiger partial charge in [0.25, 0.3) is 0 Å². The quantitative estimate of drug-likeness (QED) is 0.433. The third kappa shape index (κ3) is 5.23. The first-order valence-electron chi connectivity index (χ1n) is 8.55. The van der Waals surface area contributed by atoms with Gasteiger partial charge in [-0.05, 0) is 30.2 Å². The van der Waals surface area contributed by atoms with Crippen molar-refractivity contribution in [1.82, 2.24) is 5.43 Å². The lowest BCUT2D eigenvalue weighted by Crippen LogP contribution is -2.32. The van der Waals surface area contributed by atoms with E-state index >= 15 is 0 Å². The molecule has 0 aliphatic carbocycles. The van der Waals surface area contributed by atoms with Crippen LogP contribution in [0, 0.1) is 0 Å². The molecular weight excluding hydrogens is 362 g/mol. The number of amides is 2. The molecule has 0 bridgehead atoms. The second-order valence-electron chi connectivity index (χ2n) is 5.65. The Morgan fingerprint density at radius 2 is 1.54 bits per heavy atom. The van der Waals surface area contributed by atoms with Crippen LogP contribution in [0.5, 0.6) is 17.2 Å². The zero-order chi connectivity index (χ0) is 20.5. The predicted molar refractivity (Wildman–Crippen MR) is 106 cm³/mol. The highest BCUT2D eigenvalue weighted by molar-refractivity contribution is 6.39. The number of methoxy groups -OCH3 is 3. The van der Waals surface area contributed by atoms with E-state index in [1.807, 2.05) is 19.1 Å². The van der Waals surface area contributed by atoms with Crippen molar-refractivity contribution in [1.29, 1.82) is 0 Å². The number of carbonyl (C=O) groups excluding carboxylic acids is 2. The SMILES string of the molecule is CCc1ccc(NC(=O)C(=O)N/N=C\c2cc(OC)c(OC)cc2OC)cc1. The van der Waals surface area contributed by atoms with Gasteiger partial charge in [-0.15, -0.1) is 0 Å². The molecule has 0 atom stereocenters. The molecule has 8 heteroatoms. The van der Waals surface area contributed by atoms with Crippen LogP contribution in [0.4, 0.5) is 5.69 Å². The Labute approximate surface area is 163 Å². The van der Waals surface area contributed by atoms with E-state index in [0.29, 0.717) is 28.5 Å². The molecule has 0 radical (unpaired) electrons. The van der Waals surface area contributed by atoms with E-state index in [9.17, 15) is 9.59 Å². The molecule has 148 valence electrons. The van der Waals surface area contributed by atoms with Gasteiger partial charge in [0.15, 0.2) is 11.5 Å². The van der Waals surface area contributed by atoms with E-state index in [-0.39, 0.29) is 0 Å². The summed E-state index contributed by atoms with van der Waals surface area (Å²) in [4.78, 5) is 23.9. The van der Waals surface area contributed by atoms with Gasteiger partial charge in [-0.3, -0.25) is 9.59 Å². The van der Waals surface area contributed by atoms with Crippen LogP contribution in [0.1, 0.15) is 18.1 Å². The van der Waals surface area contributed by atoms with Crippen molar-refractivity contribution in [3.05, 3.63) is 47.5 Å². The number of carbonyl (C=O) groups is 2. The fourth-order valence-corrected chi connectivity index (χ4v) is 2.38. The summed E-state index contributed by atoms with van der Waals surface area (Å²) in [5, 5.41) is 6.32. The summed E-state index contributed by atoms with van der Waals surface area (Å²) < 4.78 is 15.7. The largest absolute Gasteiger partial charge is 0.496 e. The molecule has 8 nitrogen and oxygen atoms in total. The van der Waals surface area contributed by atoms with Crippen LogP contribution in [-0.4, -0.2) is 39.4 Å². The van der Waals surface area contributed by atoms with Crippen molar-refractivity contribution in [3.8, 4) is 17.2 Å². The maximum atomic E-state index is 12.0. The number of nitrogens with zero attached hydrogens (tertiary/aromatic N) is 1. The van der Waals surface area contributed by atoms with Crippen LogP contribution in [0.3, 0.4) is 0 Å². The molecule has 2 aromatic rings. The summed E-state index contributed by atoms with van der Waals surface area (Å²) in [6.07, 6.45) is 2.24. The topological polar surface area (TPSA) is 98.3 Å². The maximum absolute atomic E-state index is 12.0. The number of hydrazone groups is 1. The summed E-state index contributed by atoms with van der Waals surface area (Å²) >= 11 is 0. The molecule has 2 rings (SSSR count). The Morgan fingerprint density at radius 3 is 2.11 bits per heavy atom. The number of aryl methyl sites for hydroxylation is 1. The van der Waals surface area contributed by atoms with Crippen molar-refractivity contribution in [3.63, 3.8) is 0 Å². The van der Waals surface area contributed by atoms with Gasteiger partial charge in [0.1, 0.15) is 5.75 Å². The second-order valence-corrected chi connectivity index (χ2v) is 5.65. The molecular formula is C20H23N3O5. The number of benzene rings is 2. The van der Waals surface area contributed by atoms with Crippen LogP contribution in [-0.2, 0) is 16.0 Å². The molecule has 2 amide bonds. The van der Waals surface area contributed by atoms with Crippen LogP contribution in [0.25, 0.3) is 0 Å². The summed E-state index contributed by atoms with van der Waals surface area (Å²) in [6, 6.07) is 10.5. The highest BCUT2D eigenvalue weighted by Crippen LogP contribution is 2.33. The Kier molecular flexibility index (Phi) is 7.38. The maximum Gasteiger partial charge on any atom is 0.329 e. The average Bonchev–Trinajstić information content (AvgIpc) is 2.73. The van der Waals surface area contributed by atoms with Crippen LogP contribution in [0.15, 0.2) is 41.5 Å². The number of anilines is 1. The van der Waals surface area contributed by atoms with Gasteiger partial charge in [-0.2, -0.15) is 5.10 Å². The molecule has 0 heterocycles. The lowest BCUT2D eigenvalue weighted by molar-refractivity contribution is -0.136. The van der Waals surface area contributed by atoms with Gasteiger partial charge in [0.2, 0.25) is 0 Å². The molecule has 0 aliphatic heterocycles. The van der Waals surface area contributed by atoms with E-state index in [1.165, 1.54) is 27.5 Å². The highest BCUT2D eigenvalue weighted by atomic mass is 16.5. The number of ether oxygens (including phenoxy) is 3. The molecule has 28 heavy (non-hydrogen) atoms. The van der Waals surface area contributed by atoms with Gasteiger partial charge in [-0.25, -0.2) is 5.43 Å². The van der Waals surface area contributed by atoms with E-state index in [2.05, 4.69) is 15.8 Å². The predicted octanol–water partition coefficient (Wildman–Crippen LogP) is 2.36. The van der Waals surface area contributed by atoms with Crippen molar-refractivity contribution >= 4 is 23.7 Å². The van der Waals surface area contributed by atoms with E-state index in [4.69, 9.17) is 14.2 Å². The Balaban J connectivity index is 2.02. The van der Waals surface area contributed by atoms with Gasteiger partial charge in [0, 0.05) is 17.3 Å². The molecule has 0 saturated heterocycles. The Bertz CT molecular complexity index is 863. The molecule has 0 spiro atoms. The van der Waals surface area contributed by atoms with Crippen LogP contribution >= 0.6 is 0 Å². The monoisotopic (exact) mass is 385 g/mol. The molecule has 2 aromatic carbocycles. The lowest BCUT2D eigenvalue weighted by Gasteiger charge is -2.11. The fraction of sp³-hybridized carbons (Fsp3) is 0.250. The molecule has 0 fully saturated rings. The first-order chi connectivity index (χ1) is 13.5. The summed E-state index contributed by atoms with van der Waals surface area (Å²) in [5.41, 5.74) is 4.39. The van der Waals surface area contributed by atoms with Gasteiger partial charge in [0.05, 0.1) is 27.5 Å². The van der Waals surface area contributed by atoms with Crippen molar-refractivity contribution in [2.45, 2.75) is 13.3 Å². The number of hydrogen-bond donors (Lipinski definition) is 2. The van der Waals surface area contributed by atoms with Crippen molar-refractivity contribution in [2.24, 2.45) is 5.10 Å². The van der Waals surface area contributed by atoms with Crippen molar-refractivity contribution < 1.29 is 23.8 Å². The number of hydrogen-bond acceptors (Lipinski definition) is 6. The lowest BCUT2D eigenvalue weighted by atomic mass is 10.1. The zero-order valence-electron chi connectivity index (χ0n) is 16.2. The smallest absolute Gasteiger partial charge is 0.329 e. The third-order valence-corrected chi connectivity index (χ3v) is 3.93. The Morgan fingerprint density at radius 1 is 0.929 bits per heavy atom. The van der Waals surface area contributed by atoms with E-state index in [0.717, 1.165) is 12.0 Å². The first-order valence-corrected chi connectivity index (χ1v) is 8.55. The average molecular weight is 385 g/mol. The van der Waals surface area contributed by atoms with Gasteiger partial charge < -0.3 is 19.5 Å². The zero-order valence-corrected chi connectivity index (χ0v) is 16.2.